The fraction of sp³-hybridized carbons (Fsp3) is 0.278. The zero-order valence-electron chi connectivity index (χ0n) is 14.2. The van der Waals surface area contributed by atoms with Crippen LogP contribution in [0.3, 0.4) is 0 Å². The predicted octanol–water partition coefficient (Wildman–Crippen LogP) is 3.70. The molecular weight excluding hydrogens is 411 g/mol. The van der Waals surface area contributed by atoms with E-state index >= 15 is 0 Å². The predicted molar refractivity (Wildman–Crippen MR) is 105 cm³/mol. The number of benzene rings is 2. The van der Waals surface area contributed by atoms with E-state index in [9.17, 15) is 13.2 Å². The molecule has 6 nitrogen and oxygen atoms in total. The van der Waals surface area contributed by atoms with Gasteiger partial charge in [0.1, 0.15) is 0 Å². The van der Waals surface area contributed by atoms with Gasteiger partial charge in [0.05, 0.1) is 26.6 Å². The van der Waals surface area contributed by atoms with Crippen molar-refractivity contribution < 1.29 is 17.9 Å². The largest absolute Gasteiger partial charge is 0.377 e. The highest BCUT2D eigenvalue weighted by molar-refractivity contribution is 7.89. The van der Waals surface area contributed by atoms with Crippen molar-refractivity contribution in [3.63, 3.8) is 0 Å². The van der Waals surface area contributed by atoms with Crippen molar-refractivity contribution in [2.24, 2.45) is 0 Å². The van der Waals surface area contributed by atoms with E-state index in [2.05, 4.69) is 10.0 Å². The lowest BCUT2D eigenvalue weighted by Gasteiger charge is -2.12. The van der Waals surface area contributed by atoms with E-state index in [0.29, 0.717) is 12.3 Å². The van der Waals surface area contributed by atoms with Crippen molar-refractivity contribution in [3.8, 4) is 0 Å². The lowest BCUT2D eigenvalue weighted by atomic mass is 10.2. The highest BCUT2D eigenvalue weighted by atomic mass is 35.5. The number of ether oxygens (including phenoxy) is 1. The summed E-state index contributed by atoms with van der Waals surface area (Å²) in [7, 11) is -3.64. The first-order valence-corrected chi connectivity index (χ1v) is 10.6. The maximum atomic E-state index is 12.4. The molecule has 27 heavy (non-hydrogen) atoms. The number of amides is 1. The van der Waals surface area contributed by atoms with Crippen molar-refractivity contribution in [1.29, 1.82) is 0 Å². The fourth-order valence-corrected chi connectivity index (χ4v) is 4.35. The summed E-state index contributed by atoms with van der Waals surface area (Å²) in [4.78, 5) is 12.5. The van der Waals surface area contributed by atoms with E-state index in [1.165, 1.54) is 24.3 Å². The third-order valence-corrected chi connectivity index (χ3v) is 6.21. The molecule has 0 spiro atoms. The third kappa shape index (κ3) is 5.00. The van der Waals surface area contributed by atoms with Crippen molar-refractivity contribution in [2.45, 2.75) is 23.8 Å². The van der Waals surface area contributed by atoms with Crippen LogP contribution >= 0.6 is 23.2 Å². The summed E-state index contributed by atoms with van der Waals surface area (Å²) in [6.45, 7) is 0.905. The minimum absolute atomic E-state index is 0.0845. The van der Waals surface area contributed by atoms with Crippen LogP contribution in [0.2, 0.25) is 10.0 Å². The first kappa shape index (κ1) is 20.1. The Balaban J connectivity index is 1.66. The van der Waals surface area contributed by atoms with Crippen LogP contribution in [0.5, 0.6) is 0 Å². The van der Waals surface area contributed by atoms with Crippen LogP contribution in [0.25, 0.3) is 0 Å². The Hall–Kier alpha value is -1.64. The Kier molecular flexibility index (Phi) is 6.39. The molecule has 144 valence electrons. The van der Waals surface area contributed by atoms with Gasteiger partial charge in [0, 0.05) is 18.8 Å². The Morgan fingerprint density at radius 2 is 1.78 bits per heavy atom. The van der Waals surface area contributed by atoms with Gasteiger partial charge in [0.15, 0.2) is 0 Å². The van der Waals surface area contributed by atoms with Gasteiger partial charge in [-0.3, -0.25) is 4.79 Å². The van der Waals surface area contributed by atoms with Gasteiger partial charge in [0.25, 0.3) is 5.91 Å². The van der Waals surface area contributed by atoms with Crippen LogP contribution < -0.4 is 10.0 Å². The number of sulfonamides is 1. The third-order valence-electron chi connectivity index (χ3n) is 4.14. The van der Waals surface area contributed by atoms with E-state index < -0.39 is 15.9 Å². The Morgan fingerprint density at radius 3 is 2.37 bits per heavy atom. The molecule has 1 atom stereocenters. The zero-order valence-corrected chi connectivity index (χ0v) is 16.6. The van der Waals surface area contributed by atoms with E-state index in [4.69, 9.17) is 27.9 Å². The molecule has 0 radical (unpaired) electrons. The van der Waals surface area contributed by atoms with Crippen LogP contribution in [0.1, 0.15) is 23.2 Å². The summed E-state index contributed by atoms with van der Waals surface area (Å²) < 4.78 is 32.6. The molecule has 1 aliphatic heterocycles. The van der Waals surface area contributed by atoms with E-state index in [-0.39, 0.29) is 33.2 Å². The number of hydrogen-bond acceptors (Lipinski definition) is 4. The first-order chi connectivity index (χ1) is 12.9. The Labute approximate surface area is 167 Å². The summed E-state index contributed by atoms with van der Waals surface area (Å²) in [5, 5.41) is 3.12. The zero-order chi connectivity index (χ0) is 19.4. The number of carbonyl (C=O) groups excluding carboxylic acids is 1. The Bertz CT molecular complexity index is 907. The molecule has 3 rings (SSSR count). The second kappa shape index (κ2) is 8.58. The first-order valence-electron chi connectivity index (χ1n) is 8.33. The average molecular weight is 429 g/mol. The normalized spacial score (nSPS) is 17.0. The summed E-state index contributed by atoms with van der Waals surface area (Å²) in [5.41, 5.74) is 0.588. The second-order valence-corrected chi connectivity index (χ2v) is 8.64. The fourth-order valence-electron chi connectivity index (χ4n) is 2.72. The molecule has 0 aliphatic carbocycles. The van der Waals surface area contributed by atoms with Gasteiger partial charge >= 0.3 is 0 Å². The molecule has 1 aliphatic rings. The highest BCUT2D eigenvalue weighted by Crippen LogP contribution is 2.25. The molecule has 1 amide bonds. The van der Waals surface area contributed by atoms with Gasteiger partial charge in [-0.2, -0.15) is 0 Å². The SMILES string of the molecule is O=C(Nc1ccc(S(=O)(=O)NC[C@@H]2CCCO2)cc1)c1c(Cl)cccc1Cl. The molecule has 0 saturated carbocycles. The summed E-state index contributed by atoms with van der Waals surface area (Å²) in [6.07, 6.45) is 1.70. The molecule has 2 aromatic carbocycles. The lowest BCUT2D eigenvalue weighted by molar-refractivity contribution is 0.102. The van der Waals surface area contributed by atoms with Gasteiger partial charge in [0.2, 0.25) is 10.0 Å². The van der Waals surface area contributed by atoms with Crippen LogP contribution in [0, 0.1) is 0 Å². The minimum Gasteiger partial charge on any atom is -0.377 e. The van der Waals surface area contributed by atoms with Crippen molar-refractivity contribution >= 4 is 44.8 Å². The summed E-state index contributed by atoms with van der Waals surface area (Å²) in [6, 6.07) is 10.6. The molecule has 2 aromatic rings. The smallest absolute Gasteiger partial charge is 0.258 e. The van der Waals surface area contributed by atoms with Crippen LogP contribution in [0.4, 0.5) is 5.69 Å². The quantitative estimate of drug-likeness (QED) is 0.734. The number of rotatable bonds is 6. The topological polar surface area (TPSA) is 84.5 Å². The van der Waals surface area contributed by atoms with Crippen molar-refractivity contribution in [2.75, 3.05) is 18.5 Å². The number of halogens is 2. The maximum Gasteiger partial charge on any atom is 0.258 e. The molecule has 1 heterocycles. The highest BCUT2D eigenvalue weighted by Gasteiger charge is 2.20. The molecule has 0 unspecified atom stereocenters. The molecule has 9 heteroatoms. The standard InChI is InChI=1S/C18H18Cl2N2O4S/c19-15-4-1-5-16(20)17(15)18(23)22-12-6-8-14(9-7-12)27(24,25)21-11-13-3-2-10-26-13/h1,4-9,13,21H,2-3,10-11H2,(H,22,23)/t13-/m0/s1. The van der Waals surface area contributed by atoms with E-state index in [1.54, 1.807) is 18.2 Å². The summed E-state index contributed by atoms with van der Waals surface area (Å²) in [5.74, 6) is -0.474. The average Bonchev–Trinajstić information content (AvgIpc) is 3.14. The number of anilines is 1. The Morgan fingerprint density at radius 1 is 1.11 bits per heavy atom. The van der Waals surface area contributed by atoms with Gasteiger partial charge in [-0.1, -0.05) is 29.3 Å². The minimum atomic E-state index is -3.64. The molecule has 2 N–H and O–H groups in total. The van der Waals surface area contributed by atoms with Crippen molar-refractivity contribution in [1.82, 2.24) is 4.72 Å². The van der Waals surface area contributed by atoms with E-state index in [0.717, 1.165) is 12.8 Å². The molecule has 1 saturated heterocycles. The summed E-state index contributed by atoms with van der Waals surface area (Å²) >= 11 is 12.0. The molecule has 0 aromatic heterocycles. The van der Waals surface area contributed by atoms with E-state index in [1.807, 2.05) is 0 Å². The lowest BCUT2D eigenvalue weighted by Crippen LogP contribution is -2.31. The van der Waals surface area contributed by atoms with Gasteiger partial charge in [-0.05, 0) is 49.2 Å². The van der Waals surface area contributed by atoms with Gasteiger partial charge in [-0.25, -0.2) is 13.1 Å². The number of hydrogen-bond donors (Lipinski definition) is 2. The molecular formula is C18H18Cl2N2O4S. The van der Waals surface area contributed by atoms with Gasteiger partial charge < -0.3 is 10.1 Å². The van der Waals surface area contributed by atoms with Crippen LogP contribution in [-0.2, 0) is 14.8 Å². The molecule has 0 bridgehead atoms. The van der Waals surface area contributed by atoms with Gasteiger partial charge in [-0.15, -0.1) is 0 Å². The number of carbonyl (C=O) groups is 1. The van der Waals surface area contributed by atoms with Crippen molar-refractivity contribution in [3.05, 3.63) is 58.1 Å². The van der Waals surface area contributed by atoms with Crippen LogP contribution in [-0.4, -0.2) is 33.6 Å². The van der Waals surface area contributed by atoms with Crippen LogP contribution in [0.15, 0.2) is 47.4 Å². The molecule has 1 fully saturated rings. The maximum absolute atomic E-state index is 12.4. The second-order valence-electron chi connectivity index (χ2n) is 6.06. The monoisotopic (exact) mass is 428 g/mol. The number of nitrogens with one attached hydrogen (secondary N) is 2.